The fraction of sp³-hybridized carbons (Fsp3) is 0.182. The van der Waals surface area contributed by atoms with Crippen molar-refractivity contribution in [2.24, 2.45) is 7.05 Å². The molecule has 0 unspecified atom stereocenters. The predicted octanol–water partition coefficient (Wildman–Crippen LogP) is 3.58. The summed E-state index contributed by atoms with van der Waals surface area (Å²) in [6.45, 7) is 1.89. The smallest absolute Gasteiger partial charge is 0.152 e. The van der Waals surface area contributed by atoms with E-state index in [4.69, 9.17) is 5.73 Å². The molecular formula is C11H12Br2N4. The van der Waals surface area contributed by atoms with Crippen LogP contribution in [0.4, 0.5) is 17.2 Å². The number of benzene rings is 1. The van der Waals surface area contributed by atoms with Gasteiger partial charge in [0.2, 0.25) is 0 Å². The second-order valence-electron chi connectivity index (χ2n) is 3.72. The van der Waals surface area contributed by atoms with Crippen LogP contribution in [0.15, 0.2) is 27.1 Å². The number of rotatable bonds is 2. The van der Waals surface area contributed by atoms with Crippen molar-refractivity contribution in [3.63, 3.8) is 0 Å². The molecule has 0 radical (unpaired) electrons. The van der Waals surface area contributed by atoms with Gasteiger partial charge in [-0.2, -0.15) is 5.10 Å². The molecule has 1 heterocycles. The van der Waals surface area contributed by atoms with Gasteiger partial charge in [0, 0.05) is 16.0 Å². The lowest BCUT2D eigenvalue weighted by Crippen LogP contribution is -2.01. The molecule has 0 saturated heterocycles. The highest BCUT2D eigenvalue weighted by Gasteiger charge is 2.11. The number of aromatic nitrogens is 2. The molecule has 4 nitrogen and oxygen atoms in total. The Bertz CT molecular complexity index is 563. The SMILES string of the molecule is Cc1nn(C)c(Nc2ccc(Br)cc2Br)c1N. The number of hydrogen-bond acceptors (Lipinski definition) is 3. The first-order chi connectivity index (χ1) is 7.99. The Balaban J connectivity index is 2.38. The van der Waals surface area contributed by atoms with Crippen molar-refractivity contribution in [2.45, 2.75) is 6.92 Å². The van der Waals surface area contributed by atoms with Gasteiger partial charge in [0.1, 0.15) is 0 Å². The number of hydrogen-bond donors (Lipinski definition) is 2. The zero-order valence-electron chi connectivity index (χ0n) is 9.46. The van der Waals surface area contributed by atoms with Crippen LogP contribution in [-0.2, 0) is 7.05 Å². The standard InChI is InChI=1S/C11H12Br2N4/c1-6-10(14)11(17(2)16-6)15-9-4-3-7(12)5-8(9)13/h3-5,15H,14H2,1-2H3. The van der Waals surface area contributed by atoms with E-state index in [1.807, 2.05) is 32.2 Å². The summed E-state index contributed by atoms with van der Waals surface area (Å²) in [5.41, 5.74) is 8.40. The van der Waals surface area contributed by atoms with Crippen LogP contribution in [0.3, 0.4) is 0 Å². The van der Waals surface area contributed by atoms with Gasteiger partial charge < -0.3 is 11.1 Å². The fourth-order valence-electron chi connectivity index (χ4n) is 1.54. The summed E-state index contributed by atoms with van der Waals surface area (Å²) in [4.78, 5) is 0. The fourth-order valence-corrected chi connectivity index (χ4v) is 2.69. The van der Waals surface area contributed by atoms with Crippen LogP contribution in [-0.4, -0.2) is 9.78 Å². The highest BCUT2D eigenvalue weighted by molar-refractivity contribution is 9.11. The van der Waals surface area contributed by atoms with Crippen LogP contribution in [0.1, 0.15) is 5.69 Å². The number of halogens is 2. The van der Waals surface area contributed by atoms with Crippen molar-refractivity contribution in [1.29, 1.82) is 0 Å². The third-order valence-corrected chi connectivity index (χ3v) is 3.60. The van der Waals surface area contributed by atoms with Gasteiger partial charge in [-0.1, -0.05) is 15.9 Å². The van der Waals surface area contributed by atoms with E-state index in [1.165, 1.54) is 0 Å². The van der Waals surface area contributed by atoms with Crippen LogP contribution in [0.5, 0.6) is 0 Å². The first-order valence-electron chi connectivity index (χ1n) is 5.00. The summed E-state index contributed by atoms with van der Waals surface area (Å²) in [7, 11) is 1.86. The van der Waals surface area contributed by atoms with Crippen LogP contribution in [0.25, 0.3) is 0 Å². The van der Waals surface area contributed by atoms with E-state index in [1.54, 1.807) is 4.68 Å². The van der Waals surface area contributed by atoms with Gasteiger partial charge in [-0.25, -0.2) is 0 Å². The van der Waals surface area contributed by atoms with E-state index >= 15 is 0 Å². The molecule has 0 aliphatic rings. The van der Waals surface area contributed by atoms with Gasteiger partial charge in [-0.15, -0.1) is 0 Å². The van der Waals surface area contributed by atoms with Gasteiger partial charge in [0.25, 0.3) is 0 Å². The van der Waals surface area contributed by atoms with E-state index in [-0.39, 0.29) is 0 Å². The molecule has 0 spiro atoms. The van der Waals surface area contributed by atoms with E-state index in [0.717, 1.165) is 26.1 Å². The molecule has 1 aromatic carbocycles. The molecule has 0 aliphatic heterocycles. The Morgan fingerprint density at radius 1 is 1.35 bits per heavy atom. The first-order valence-corrected chi connectivity index (χ1v) is 6.59. The third kappa shape index (κ3) is 2.47. The molecule has 2 rings (SSSR count). The van der Waals surface area contributed by atoms with Gasteiger partial charge >= 0.3 is 0 Å². The van der Waals surface area contributed by atoms with E-state index < -0.39 is 0 Å². The lowest BCUT2D eigenvalue weighted by molar-refractivity contribution is 0.765. The average molecular weight is 360 g/mol. The first kappa shape index (κ1) is 12.4. The van der Waals surface area contributed by atoms with Crippen molar-refractivity contribution in [1.82, 2.24) is 9.78 Å². The Hall–Kier alpha value is -1.01. The van der Waals surface area contributed by atoms with E-state index in [2.05, 4.69) is 42.3 Å². The van der Waals surface area contributed by atoms with Gasteiger partial charge in [0.15, 0.2) is 5.82 Å². The predicted molar refractivity (Wildman–Crippen MR) is 77.5 cm³/mol. The Morgan fingerprint density at radius 3 is 2.59 bits per heavy atom. The number of nitrogens with zero attached hydrogens (tertiary/aromatic N) is 2. The monoisotopic (exact) mass is 358 g/mol. The molecular weight excluding hydrogens is 348 g/mol. The average Bonchev–Trinajstić information content (AvgIpc) is 2.48. The normalized spacial score (nSPS) is 10.6. The van der Waals surface area contributed by atoms with Crippen LogP contribution >= 0.6 is 31.9 Å². The van der Waals surface area contributed by atoms with Crippen molar-refractivity contribution in [3.05, 3.63) is 32.8 Å². The number of nitrogens with one attached hydrogen (secondary N) is 1. The molecule has 0 amide bonds. The van der Waals surface area contributed by atoms with E-state index in [9.17, 15) is 0 Å². The number of aryl methyl sites for hydroxylation is 2. The van der Waals surface area contributed by atoms with Crippen molar-refractivity contribution >= 4 is 49.1 Å². The summed E-state index contributed by atoms with van der Waals surface area (Å²) in [5.74, 6) is 0.797. The molecule has 90 valence electrons. The van der Waals surface area contributed by atoms with Crippen LogP contribution < -0.4 is 11.1 Å². The maximum Gasteiger partial charge on any atom is 0.152 e. The zero-order chi connectivity index (χ0) is 12.6. The molecule has 0 aliphatic carbocycles. The molecule has 2 aromatic rings. The topological polar surface area (TPSA) is 55.9 Å². The molecule has 0 bridgehead atoms. The Labute approximate surface area is 116 Å². The molecule has 6 heteroatoms. The third-order valence-electron chi connectivity index (χ3n) is 2.45. The van der Waals surface area contributed by atoms with Gasteiger partial charge in [0.05, 0.1) is 17.1 Å². The summed E-state index contributed by atoms with van der Waals surface area (Å²) in [6.07, 6.45) is 0. The number of nitrogens with two attached hydrogens (primary N) is 1. The Morgan fingerprint density at radius 2 is 2.06 bits per heavy atom. The maximum atomic E-state index is 5.96. The summed E-state index contributed by atoms with van der Waals surface area (Å²) in [5, 5.41) is 7.52. The summed E-state index contributed by atoms with van der Waals surface area (Å²) in [6, 6.07) is 5.91. The molecule has 1 aromatic heterocycles. The van der Waals surface area contributed by atoms with E-state index in [0.29, 0.717) is 5.69 Å². The lowest BCUT2D eigenvalue weighted by Gasteiger charge is -2.09. The lowest BCUT2D eigenvalue weighted by atomic mass is 10.3. The Kier molecular flexibility index (Phi) is 3.44. The second kappa shape index (κ2) is 4.70. The zero-order valence-corrected chi connectivity index (χ0v) is 12.6. The second-order valence-corrected chi connectivity index (χ2v) is 5.49. The number of nitrogen functional groups attached to an aromatic ring is 1. The number of anilines is 3. The molecule has 3 N–H and O–H groups in total. The largest absolute Gasteiger partial charge is 0.394 e. The minimum absolute atomic E-state index is 0.669. The van der Waals surface area contributed by atoms with Crippen molar-refractivity contribution in [2.75, 3.05) is 11.1 Å². The van der Waals surface area contributed by atoms with Crippen molar-refractivity contribution < 1.29 is 0 Å². The molecule has 0 fully saturated rings. The minimum atomic E-state index is 0.669. The van der Waals surface area contributed by atoms with Crippen molar-refractivity contribution in [3.8, 4) is 0 Å². The van der Waals surface area contributed by atoms with Crippen LogP contribution in [0.2, 0.25) is 0 Å². The van der Waals surface area contributed by atoms with Gasteiger partial charge in [-0.3, -0.25) is 4.68 Å². The summed E-state index contributed by atoms with van der Waals surface area (Å²) < 4.78 is 3.72. The molecule has 0 atom stereocenters. The minimum Gasteiger partial charge on any atom is -0.394 e. The highest BCUT2D eigenvalue weighted by atomic mass is 79.9. The highest BCUT2D eigenvalue weighted by Crippen LogP contribution is 2.31. The molecule has 0 saturated carbocycles. The maximum absolute atomic E-state index is 5.96. The summed E-state index contributed by atoms with van der Waals surface area (Å²) >= 11 is 6.91. The van der Waals surface area contributed by atoms with Gasteiger partial charge in [-0.05, 0) is 41.1 Å². The van der Waals surface area contributed by atoms with Crippen LogP contribution in [0, 0.1) is 6.92 Å². The molecule has 17 heavy (non-hydrogen) atoms. The quantitative estimate of drug-likeness (QED) is 0.861.